The lowest BCUT2D eigenvalue weighted by Crippen LogP contribution is -2.04. The van der Waals surface area contributed by atoms with Gasteiger partial charge in [-0.2, -0.15) is 0 Å². The van der Waals surface area contributed by atoms with E-state index in [1.165, 1.54) is 25.3 Å². The molecule has 0 atom stereocenters. The van der Waals surface area contributed by atoms with E-state index in [9.17, 15) is 14.9 Å². The van der Waals surface area contributed by atoms with E-state index in [4.69, 9.17) is 0 Å². The summed E-state index contributed by atoms with van der Waals surface area (Å²) in [6, 6.07) is 5.78. The molecule has 2 rings (SSSR count). The Morgan fingerprint density at radius 2 is 2.10 bits per heavy atom. The zero-order chi connectivity index (χ0) is 15.4. The van der Waals surface area contributed by atoms with Crippen molar-refractivity contribution in [3.05, 3.63) is 57.9 Å². The largest absolute Gasteiger partial charge is 0.465 e. The van der Waals surface area contributed by atoms with Crippen molar-refractivity contribution in [2.24, 2.45) is 0 Å². The molecule has 2 aromatic rings. The molecule has 0 saturated heterocycles. The van der Waals surface area contributed by atoms with Crippen molar-refractivity contribution in [3.63, 3.8) is 0 Å². The molecule has 0 spiro atoms. The summed E-state index contributed by atoms with van der Waals surface area (Å²) in [5.41, 5.74) is 1.81. The van der Waals surface area contributed by atoms with Crippen molar-refractivity contribution in [2.75, 3.05) is 12.4 Å². The molecule has 0 bridgehead atoms. The van der Waals surface area contributed by atoms with E-state index in [1.54, 1.807) is 18.5 Å². The van der Waals surface area contributed by atoms with E-state index in [0.717, 1.165) is 5.56 Å². The van der Waals surface area contributed by atoms with Crippen molar-refractivity contribution in [1.29, 1.82) is 0 Å². The Morgan fingerprint density at radius 1 is 1.33 bits per heavy atom. The topological polar surface area (TPSA) is 94.4 Å². The van der Waals surface area contributed by atoms with Crippen LogP contribution in [0.2, 0.25) is 0 Å². The van der Waals surface area contributed by atoms with Crippen LogP contribution in [-0.2, 0) is 4.74 Å². The number of hydrogen-bond acceptors (Lipinski definition) is 6. The van der Waals surface area contributed by atoms with Gasteiger partial charge in [0.25, 0.3) is 5.69 Å². The van der Waals surface area contributed by atoms with Gasteiger partial charge in [0.2, 0.25) is 0 Å². The number of aryl methyl sites for hydroxylation is 1. The Kier molecular flexibility index (Phi) is 4.13. The molecule has 0 aliphatic heterocycles. The Hall–Kier alpha value is -2.96. The molecular weight excluding hydrogens is 274 g/mol. The minimum Gasteiger partial charge on any atom is -0.465 e. The van der Waals surface area contributed by atoms with Gasteiger partial charge in [0.05, 0.1) is 29.5 Å². The number of benzene rings is 1. The van der Waals surface area contributed by atoms with E-state index < -0.39 is 10.9 Å². The zero-order valence-corrected chi connectivity index (χ0v) is 11.5. The number of methoxy groups -OCH3 is 1. The van der Waals surface area contributed by atoms with Gasteiger partial charge in [-0.1, -0.05) is 0 Å². The number of nitro groups is 1. The number of carbonyl (C=O) groups is 1. The molecule has 1 aromatic heterocycles. The first-order valence-corrected chi connectivity index (χ1v) is 6.07. The molecule has 0 saturated carbocycles. The van der Waals surface area contributed by atoms with Gasteiger partial charge < -0.3 is 10.1 Å². The molecule has 0 fully saturated rings. The summed E-state index contributed by atoms with van der Waals surface area (Å²) in [6.45, 7) is 1.85. The van der Waals surface area contributed by atoms with Gasteiger partial charge in [0.15, 0.2) is 0 Å². The predicted molar refractivity (Wildman–Crippen MR) is 76.7 cm³/mol. The molecule has 0 unspecified atom stereocenters. The number of pyridine rings is 1. The highest BCUT2D eigenvalue weighted by Gasteiger charge is 2.17. The van der Waals surface area contributed by atoms with Crippen LogP contribution < -0.4 is 5.32 Å². The number of rotatable bonds is 4. The first-order chi connectivity index (χ1) is 10.0. The van der Waals surface area contributed by atoms with Crippen molar-refractivity contribution in [1.82, 2.24) is 4.98 Å². The van der Waals surface area contributed by atoms with E-state index >= 15 is 0 Å². The molecule has 7 heteroatoms. The summed E-state index contributed by atoms with van der Waals surface area (Å²) in [6.07, 6.45) is 3.18. The lowest BCUT2D eigenvalue weighted by Gasteiger charge is -2.10. The summed E-state index contributed by atoms with van der Waals surface area (Å²) in [5.74, 6) is -0.559. The lowest BCUT2D eigenvalue weighted by atomic mass is 10.1. The summed E-state index contributed by atoms with van der Waals surface area (Å²) in [5, 5.41) is 14.0. The number of nitrogens with zero attached hydrogens (tertiary/aromatic N) is 2. The molecule has 1 heterocycles. The molecule has 0 radical (unpaired) electrons. The van der Waals surface area contributed by atoms with E-state index in [2.05, 4.69) is 15.0 Å². The first kappa shape index (κ1) is 14.4. The maximum absolute atomic E-state index is 11.5. The van der Waals surface area contributed by atoms with Gasteiger partial charge in [-0.05, 0) is 30.7 Å². The maximum atomic E-state index is 11.5. The van der Waals surface area contributed by atoms with Crippen molar-refractivity contribution < 1.29 is 14.5 Å². The van der Waals surface area contributed by atoms with Crippen LogP contribution in [0.5, 0.6) is 0 Å². The fraction of sp³-hybridized carbons (Fsp3) is 0.143. The quantitative estimate of drug-likeness (QED) is 0.528. The standard InChI is InChI=1S/C14H13N3O4/c1-9-5-6-15-8-12(9)16-11-7-10(14(18)21-2)3-4-13(11)17(19)20/h3-8,16H,1-2H3. The second kappa shape index (κ2) is 6.00. The van der Waals surface area contributed by atoms with Crippen molar-refractivity contribution in [3.8, 4) is 0 Å². The smallest absolute Gasteiger partial charge is 0.337 e. The predicted octanol–water partition coefficient (Wildman–Crippen LogP) is 2.83. The molecule has 0 aliphatic rings. The molecule has 1 aromatic carbocycles. The third-order valence-corrected chi connectivity index (χ3v) is 2.92. The molecule has 108 valence electrons. The summed E-state index contributed by atoms with van der Waals surface area (Å²) < 4.78 is 4.62. The second-order valence-corrected chi connectivity index (χ2v) is 4.30. The van der Waals surface area contributed by atoms with Crippen molar-refractivity contribution >= 4 is 23.0 Å². The van der Waals surface area contributed by atoms with E-state index in [1.807, 2.05) is 6.92 Å². The fourth-order valence-electron chi connectivity index (χ4n) is 1.78. The number of nitro benzene ring substituents is 1. The van der Waals surface area contributed by atoms with Crippen LogP contribution in [0, 0.1) is 17.0 Å². The Labute approximate surface area is 120 Å². The molecule has 1 N–H and O–H groups in total. The minimum atomic E-state index is -0.559. The van der Waals surface area contributed by atoms with Crippen LogP contribution in [0.3, 0.4) is 0 Å². The van der Waals surface area contributed by atoms with Crippen LogP contribution in [0.15, 0.2) is 36.7 Å². The van der Waals surface area contributed by atoms with Gasteiger partial charge in [-0.3, -0.25) is 15.1 Å². The number of hydrogen-bond donors (Lipinski definition) is 1. The van der Waals surface area contributed by atoms with E-state index in [0.29, 0.717) is 5.69 Å². The zero-order valence-electron chi connectivity index (χ0n) is 11.5. The lowest BCUT2D eigenvalue weighted by molar-refractivity contribution is -0.383. The number of carbonyl (C=O) groups excluding carboxylic acids is 1. The summed E-state index contributed by atoms with van der Waals surface area (Å²) >= 11 is 0. The van der Waals surface area contributed by atoms with Crippen LogP contribution >= 0.6 is 0 Å². The monoisotopic (exact) mass is 287 g/mol. The molecule has 0 amide bonds. The SMILES string of the molecule is COC(=O)c1ccc([N+](=O)[O-])c(Nc2cnccc2C)c1. The molecule has 21 heavy (non-hydrogen) atoms. The number of nitrogens with one attached hydrogen (secondary N) is 1. The average molecular weight is 287 g/mol. The maximum Gasteiger partial charge on any atom is 0.337 e. The summed E-state index contributed by atoms with van der Waals surface area (Å²) in [7, 11) is 1.25. The number of aromatic nitrogens is 1. The molecule has 0 aliphatic carbocycles. The normalized spacial score (nSPS) is 10.0. The van der Waals surface area contributed by atoms with Crippen LogP contribution in [0.25, 0.3) is 0 Å². The highest BCUT2D eigenvalue weighted by molar-refractivity contribution is 5.92. The number of ether oxygens (including phenoxy) is 1. The third-order valence-electron chi connectivity index (χ3n) is 2.92. The Morgan fingerprint density at radius 3 is 2.71 bits per heavy atom. The Bertz CT molecular complexity index is 700. The second-order valence-electron chi connectivity index (χ2n) is 4.30. The van der Waals surface area contributed by atoms with Crippen LogP contribution in [0.4, 0.5) is 17.1 Å². The summed E-state index contributed by atoms with van der Waals surface area (Å²) in [4.78, 5) is 26.1. The third kappa shape index (κ3) is 3.14. The van der Waals surface area contributed by atoms with Gasteiger partial charge >= 0.3 is 5.97 Å². The van der Waals surface area contributed by atoms with Gasteiger partial charge in [-0.25, -0.2) is 4.79 Å². The minimum absolute atomic E-state index is 0.133. The first-order valence-electron chi connectivity index (χ1n) is 6.07. The molecule has 7 nitrogen and oxygen atoms in total. The highest BCUT2D eigenvalue weighted by atomic mass is 16.6. The number of esters is 1. The fourth-order valence-corrected chi connectivity index (χ4v) is 1.78. The highest BCUT2D eigenvalue weighted by Crippen LogP contribution is 2.29. The van der Waals surface area contributed by atoms with Crippen LogP contribution in [-0.4, -0.2) is 23.0 Å². The average Bonchev–Trinajstić information content (AvgIpc) is 2.48. The number of anilines is 2. The van der Waals surface area contributed by atoms with Gasteiger partial charge in [-0.15, -0.1) is 0 Å². The van der Waals surface area contributed by atoms with Crippen LogP contribution in [0.1, 0.15) is 15.9 Å². The van der Waals surface area contributed by atoms with Gasteiger partial charge in [0, 0.05) is 12.3 Å². The molecular formula is C14H13N3O4. The Balaban J connectivity index is 2.46. The van der Waals surface area contributed by atoms with Crippen molar-refractivity contribution in [2.45, 2.75) is 6.92 Å². The van der Waals surface area contributed by atoms with Gasteiger partial charge in [0.1, 0.15) is 5.69 Å². The van der Waals surface area contributed by atoms with E-state index in [-0.39, 0.29) is 16.9 Å².